The zero-order valence-corrected chi connectivity index (χ0v) is 8.10. The van der Waals surface area contributed by atoms with E-state index in [2.05, 4.69) is 0 Å². The number of nitro benzene ring substituents is 1. The Morgan fingerprint density at radius 3 is 2.80 bits per heavy atom. The second-order valence-electron chi connectivity index (χ2n) is 3.04. The molecule has 0 unspecified atom stereocenters. The number of non-ortho nitro benzene ring substituents is 1. The van der Waals surface area contributed by atoms with Crippen LogP contribution in [0.3, 0.4) is 0 Å². The van der Waals surface area contributed by atoms with Crippen LogP contribution in [0.1, 0.15) is 11.1 Å². The van der Waals surface area contributed by atoms with Gasteiger partial charge in [0.2, 0.25) is 0 Å². The van der Waals surface area contributed by atoms with Gasteiger partial charge in [0, 0.05) is 29.5 Å². The molecule has 5 nitrogen and oxygen atoms in total. The highest BCUT2D eigenvalue weighted by Gasteiger charge is 2.08. The summed E-state index contributed by atoms with van der Waals surface area (Å²) in [6.07, 6.45) is 1.15. The highest BCUT2D eigenvalue weighted by atomic mass is 16.6. The van der Waals surface area contributed by atoms with Crippen LogP contribution in [0.4, 0.5) is 5.69 Å². The van der Waals surface area contributed by atoms with Crippen molar-refractivity contribution in [2.45, 2.75) is 6.92 Å². The summed E-state index contributed by atoms with van der Waals surface area (Å²) in [4.78, 5) is 10.1. The van der Waals surface area contributed by atoms with Gasteiger partial charge < -0.3 is 5.73 Å². The molecule has 0 saturated carbocycles. The van der Waals surface area contributed by atoms with E-state index in [0.717, 1.165) is 11.6 Å². The molecule has 0 bridgehead atoms. The van der Waals surface area contributed by atoms with Crippen LogP contribution in [0, 0.1) is 28.4 Å². The van der Waals surface area contributed by atoms with E-state index in [9.17, 15) is 10.1 Å². The molecule has 76 valence electrons. The van der Waals surface area contributed by atoms with Crippen LogP contribution < -0.4 is 5.73 Å². The van der Waals surface area contributed by atoms with Gasteiger partial charge in [-0.05, 0) is 18.6 Å². The number of nitro groups is 1. The van der Waals surface area contributed by atoms with Crippen molar-refractivity contribution < 1.29 is 4.92 Å². The highest BCUT2D eigenvalue weighted by molar-refractivity contribution is 5.67. The van der Waals surface area contributed by atoms with Gasteiger partial charge in [-0.1, -0.05) is 0 Å². The lowest BCUT2D eigenvalue weighted by molar-refractivity contribution is -0.384. The molecule has 0 amide bonds. The third-order valence-electron chi connectivity index (χ3n) is 1.83. The summed E-state index contributed by atoms with van der Waals surface area (Å²) in [5.74, 6) is 0. The molecule has 0 aliphatic carbocycles. The SMILES string of the molecule is Cc1cc(/C(N)=C/C#N)cc([N+](=O)[O-])c1. The normalized spacial score (nSPS) is 10.8. The van der Waals surface area contributed by atoms with Crippen LogP contribution in [0.5, 0.6) is 0 Å². The van der Waals surface area contributed by atoms with Gasteiger partial charge in [-0.3, -0.25) is 10.1 Å². The van der Waals surface area contributed by atoms with E-state index >= 15 is 0 Å². The first-order chi connectivity index (χ1) is 7.04. The number of hydrogen-bond acceptors (Lipinski definition) is 4. The predicted molar refractivity (Wildman–Crippen MR) is 55.6 cm³/mol. The van der Waals surface area contributed by atoms with Crippen molar-refractivity contribution in [3.63, 3.8) is 0 Å². The quantitative estimate of drug-likeness (QED) is 0.450. The molecular weight excluding hydrogens is 194 g/mol. The molecule has 5 heteroatoms. The molecule has 0 spiro atoms. The molecule has 0 aliphatic rings. The van der Waals surface area contributed by atoms with E-state index in [1.807, 2.05) is 0 Å². The number of nitriles is 1. The first-order valence-corrected chi connectivity index (χ1v) is 4.16. The van der Waals surface area contributed by atoms with Gasteiger partial charge >= 0.3 is 0 Å². The minimum absolute atomic E-state index is 0.0284. The smallest absolute Gasteiger partial charge is 0.270 e. The van der Waals surface area contributed by atoms with Gasteiger partial charge in [0.25, 0.3) is 5.69 Å². The van der Waals surface area contributed by atoms with Crippen molar-refractivity contribution in [1.82, 2.24) is 0 Å². The second-order valence-corrected chi connectivity index (χ2v) is 3.04. The molecule has 0 atom stereocenters. The summed E-state index contributed by atoms with van der Waals surface area (Å²) in [5.41, 5.74) is 6.98. The fourth-order valence-corrected chi connectivity index (χ4v) is 1.19. The Balaban J connectivity index is 3.28. The fraction of sp³-hybridized carbons (Fsp3) is 0.100. The number of rotatable bonds is 2. The molecule has 0 aliphatic heterocycles. The van der Waals surface area contributed by atoms with E-state index in [4.69, 9.17) is 11.0 Å². The Labute approximate surface area is 86.6 Å². The molecule has 0 radical (unpaired) electrons. The average molecular weight is 203 g/mol. The molecule has 15 heavy (non-hydrogen) atoms. The van der Waals surface area contributed by atoms with Crippen molar-refractivity contribution in [3.05, 3.63) is 45.5 Å². The standard InChI is InChI=1S/C10H9N3O2/c1-7-4-8(10(12)2-3-11)6-9(5-7)13(14)15/h2,4-6H,12H2,1H3/b10-2-. The van der Waals surface area contributed by atoms with Crippen LogP contribution in [0.15, 0.2) is 24.3 Å². The van der Waals surface area contributed by atoms with E-state index in [0.29, 0.717) is 5.56 Å². The Hall–Kier alpha value is -2.35. The fourth-order valence-electron chi connectivity index (χ4n) is 1.19. The van der Waals surface area contributed by atoms with Crippen molar-refractivity contribution >= 4 is 11.4 Å². The Bertz CT molecular complexity index is 472. The predicted octanol–water partition coefficient (Wildman–Crippen LogP) is 1.73. The first kappa shape index (κ1) is 10.7. The number of benzene rings is 1. The Morgan fingerprint density at radius 1 is 1.60 bits per heavy atom. The van der Waals surface area contributed by atoms with E-state index in [-0.39, 0.29) is 11.4 Å². The third-order valence-corrected chi connectivity index (χ3v) is 1.83. The van der Waals surface area contributed by atoms with Crippen LogP contribution in [0.25, 0.3) is 5.70 Å². The molecule has 1 aromatic carbocycles. The lowest BCUT2D eigenvalue weighted by Gasteiger charge is -2.01. The summed E-state index contributed by atoms with van der Waals surface area (Å²) in [6.45, 7) is 1.73. The van der Waals surface area contributed by atoms with Gasteiger partial charge in [0.15, 0.2) is 0 Å². The van der Waals surface area contributed by atoms with E-state index < -0.39 is 4.92 Å². The minimum Gasteiger partial charge on any atom is -0.398 e. The van der Waals surface area contributed by atoms with Gasteiger partial charge in [-0.25, -0.2) is 0 Å². The van der Waals surface area contributed by atoms with E-state index in [1.54, 1.807) is 19.1 Å². The van der Waals surface area contributed by atoms with Crippen LogP contribution in [-0.4, -0.2) is 4.92 Å². The van der Waals surface area contributed by atoms with Gasteiger partial charge in [0.05, 0.1) is 11.0 Å². The summed E-state index contributed by atoms with van der Waals surface area (Å²) < 4.78 is 0. The van der Waals surface area contributed by atoms with Crippen molar-refractivity contribution in [2.24, 2.45) is 5.73 Å². The molecule has 2 N–H and O–H groups in total. The van der Waals surface area contributed by atoms with E-state index in [1.165, 1.54) is 12.1 Å². The summed E-state index contributed by atoms with van der Waals surface area (Å²) in [7, 11) is 0. The average Bonchev–Trinajstić information content (AvgIpc) is 2.17. The lowest BCUT2D eigenvalue weighted by Crippen LogP contribution is -1.98. The topological polar surface area (TPSA) is 93.0 Å². The maximum absolute atomic E-state index is 10.6. The first-order valence-electron chi connectivity index (χ1n) is 4.16. The monoisotopic (exact) mass is 203 g/mol. The summed E-state index contributed by atoms with van der Waals surface area (Å²) in [6, 6.07) is 6.26. The molecule has 0 fully saturated rings. The van der Waals surface area contributed by atoms with Gasteiger partial charge in [-0.15, -0.1) is 0 Å². The molecule has 0 heterocycles. The number of allylic oxidation sites excluding steroid dienone is 1. The molecule has 1 rings (SSSR count). The van der Waals surface area contributed by atoms with Crippen LogP contribution in [-0.2, 0) is 0 Å². The number of nitrogens with two attached hydrogens (primary N) is 1. The second kappa shape index (κ2) is 4.24. The largest absolute Gasteiger partial charge is 0.398 e. The maximum atomic E-state index is 10.6. The number of hydrogen-bond donors (Lipinski definition) is 1. The molecule has 0 saturated heterocycles. The molecular formula is C10H9N3O2. The molecule has 0 aromatic heterocycles. The Morgan fingerprint density at radius 2 is 2.27 bits per heavy atom. The van der Waals surface area contributed by atoms with Crippen molar-refractivity contribution in [3.8, 4) is 6.07 Å². The van der Waals surface area contributed by atoms with Gasteiger partial charge in [0.1, 0.15) is 0 Å². The minimum atomic E-state index is -0.490. The zero-order chi connectivity index (χ0) is 11.4. The van der Waals surface area contributed by atoms with Crippen LogP contribution in [0.2, 0.25) is 0 Å². The number of aryl methyl sites for hydroxylation is 1. The van der Waals surface area contributed by atoms with Crippen molar-refractivity contribution in [1.29, 1.82) is 5.26 Å². The zero-order valence-electron chi connectivity index (χ0n) is 8.10. The Kier molecular flexibility index (Phi) is 3.03. The van der Waals surface area contributed by atoms with Gasteiger partial charge in [-0.2, -0.15) is 5.26 Å². The van der Waals surface area contributed by atoms with Crippen molar-refractivity contribution in [2.75, 3.05) is 0 Å². The highest BCUT2D eigenvalue weighted by Crippen LogP contribution is 2.19. The molecule has 1 aromatic rings. The lowest BCUT2D eigenvalue weighted by atomic mass is 10.1. The van der Waals surface area contributed by atoms with Crippen LogP contribution >= 0.6 is 0 Å². The summed E-state index contributed by atoms with van der Waals surface area (Å²) in [5, 5.41) is 19.0. The summed E-state index contributed by atoms with van der Waals surface area (Å²) >= 11 is 0. The number of nitrogens with zero attached hydrogens (tertiary/aromatic N) is 2. The third kappa shape index (κ3) is 2.54. The maximum Gasteiger partial charge on any atom is 0.270 e.